The number of aromatic nitrogens is 1. The molecular formula is C23H21F6I2N3O. The Morgan fingerprint density at radius 2 is 1.63 bits per heavy atom. The molecule has 1 fully saturated rings. The average molecular weight is 723 g/mol. The van der Waals surface area contributed by atoms with Gasteiger partial charge in [-0.2, -0.15) is 26.3 Å². The summed E-state index contributed by atoms with van der Waals surface area (Å²) < 4.78 is 81.5. The Bertz CT molecular complexity index is 1160. The lowest BCUT2D eigenvalue weighted by atomic mass is 9.99. The van der Waals surface area contributed by atoms with E-state index in [2.05, 4.69) is 42.5 Å². The molecule has 190 valence electrons. The van der Waals surface area contributed by atoms with E-state index in [0.29, 0.717) is 31.6 Å². The van der Waals surface area contributed by atoms with Crippen LogP contribution in [-0.4, -0.2) is 41.1 Å². The number of nitrogens with one attached hydrogen (secondary N) is 1. The maximum Gasteiger partial charge on any atom is 0.416 e. The van der Waals surface area contributed by atoms with Crippen LogP contribution >= 0.6 is 37.2 Å². The van der Waals surface area contributed by atoms with Crippen LogP contribution in [0.1, 0.15) is 27.0 Å². The van der Waals surface area contributed by atoms with Gasteiger partial charge in [-0.25, -0.2) is 0 Å². The molecule has 1 saturated heterocycles. The number of rotatable bonds is 3. The quantitative estimate of drug-likeness (QED) is 0.243. The number of hydrogen-bond donors (Lipinski definition) is 1. The van der Waals surface area contributed by atoms with Gasteiger partial charge < -0.3 is 14.8 Å². The Morgan fingerprint density at radius 3 is 2.23 bits per heavy atom. The highest BCUT2D eigenvalue weighted by Gasteiger charge is 2.38. The Hall–Kier alpha value is -1.55. The Labute approximate surface area is 221 Å². The Kier molecular flexibility index (Phi) is 9.00. The molecular weight excluding hydrogens is 702 g/mol. The molecule has 1 aliphatic heterocycles. The first-order valence-corrected chi connectivity index (χ1v) is 16.7. The van der Waals surface area contributed by atoms with Gasteiger partial charge in [0.05, 0.1) is 11.1 Å². The van der Waals surface area contributed by atoms with Crippen molar-refractivity contribution in [2.45, 2.75) is 24.8 Å². The molecule has 4 nitrogen and oxygen atoms in total. The molecule has 2 aromatic carbocycles. The van der Waals surface area contributed by atoms with Gasteiger partial charge in [0.1, 0.15) is 0 Å². The minimum Gasteiger partial charge on any atom is -0.350 e. The van der Waals surface area contributed by atoms with Crippen LogP contribution in [0.2, 0.25) is 0 Å². The normalized spacial score (nSPS) is 16.7. The van der Waals surface area contributed by atoms with Crippen molar-refractivity contribution in [3.05, 3.63) is 70.9 Å². The third kappa shape index (κ3) is 6.42. The van der Waals surface area contributed by atoms with Gasteiger partial charge in [0.15, 0.2) is 0 Å². The van der Waals surface area contributed by atoms with Gasteiger partial charge in [0, 0.05) is 92.6 Å². The van der Waals surface area contributed by atoms with E-state index in [4.69, 9.17) is 0 Å². The number of carbonyl (C=O) groups excluding carboxylic acids is 1. The third-order valence-electron chi connectivity index (χ3n) is 5.88. The summed E-state index contributed by atoms with van der Waals surface area (Å²) in [6.07, 6.45) is -7.69. The van der Waals surface area contributed by atoms with Crippen LogP contribution in [0.5, 0.6) is 0 Å². The van der Waals surface area contributed by atoms with E-state index < -0.39 is 41.0 Å². The van der Waals surface area contributed by atoms with Crippen molar-refractivity contribution >= 4 is 54.0 Å². The first-order chi connectivity index (χ1) is 16.4. The molecule has 1 atom stereocenters. The van der Waals surface area contributed by atoms with Crippen LogP contribution in [-0.2, 0) is 25.8 Å². The topological polar surface area (TPSA) is 37.3 Å². The molecule has 3 aromatic rings. The molecule has 1 N–H and O–H groups in total. The van der Waals surface area contributed by atoms with E-state index in [9.17, 15) is 31.1 Å². The van der Waals surface area contributed by atoms with Gasteiger partial charge in [0.25, 0.3) is 5.91 Å². The maximum atomic E-state index is 13.3. The van der Waals surface area contributed by atoms with Crippen molar-refractivity contribution in [3.63, 3.8) is 0 Å². The number of fused-ring (bicyclic) bond motifs is 1. The number of carbonyl (C=O) groups is 1. The molecule has 4 rings (SSSR count). The molecule has 2 heterocycles. The Morgan fingerprint density at radius 1 is 1.03 bits per heavy atom. The molecule has 0 radical (unpaired) electrons. The molecule has 1 unspecified atom stereocenters. The molecule has 0 saturated carbocycles. The van der Waals surface area contributed by atoms with Gasteiger partial charge in [-0.05, 0) is 36.2 Å². The number of amides is 1. The van der Waals surface area contributed by atoms with E-state index in [1.165, 1.54) is 4.90 Å². The van der Waals surface area contributed by atoms with Gasteiger partial charge in [-0.1, -0.05) is 18.2 Å². The fourth-order valence-corrected chi connectivity index (χ4v) is 4.30. The number of alkyl halides is 6. The lowest BCUT2D eigenvalue weighted by Gasteiger charge is -2.36. The van der Waals surface area contributed by atoms with E-state index in [-0.39, 0.29) is 12.6 Å². The van der Waals surface area contributed by atoms with E-state index >= 15 is 0 Å². The summed E-state index contributed by atoms with van der Waals surface area (Å²) in [5.41, 5.74) is -1.69. The highest BCUT2D eigenvalue weighted by Crippen LogP contribution is 2.37. The van der Waals surface area contributed by atoms with E-state index in [1.807, 2.05) is 42.1 Å². The summed E-state index contributed by atoms with van der Waals surface area (Å²) in [5.74, 6) is -0.849. The summed E-state index contributed by atoms with van der Waals surface area (Å²) in [6.45, 7) is 0.939. The summed E-state index contributed by atoms with van der Waals surface area (Å²) in [6, 6.07) is 8.26. The van der Waals surface area contributed by atoms with Crippen molar-refractivity contribution in [1.29, 1.82) is 0 Å². The molecule has 12 heteroatoms. The molecule has 0 spiro atoms. The van der Waals surface area contributed by atoms with Crippen molar-refractivity contribution in [2.75, 3.05) is 19.6 Å². The van der Waals surface area contributed by atoms with Crippen LogP contribution in [0, 0.1) is 0 Å². The van der Waals surface area contributed by atoms with Gasteiger partial charge in [0.2, 0.25) is 0 Å². The SMILES string of the molecule is Cn1cc(CC2CNCCN2C(=O)c2cc(C(F)(F)F)cc(C(F)(F)F)c2)c2ccccc21.II. The molecule has 35 heavy (non-hydrogen) atoms. The first kappa shape index (κ1) is 28.0. The van der Waals surface area contributed by atoms with Crippen molar-refractivity contribution in [1.82, 2.24) is 14.8 Å². The molecule has 0 aliphatic carbocycles. The standard InChI is InChI=1S/C23H21F6N3O.I2/c1-31-13-15(19-4-2-3-5-20(19)31)10-18-12-30-6-7-32(18)21(33)14-8-16(22(24,25)26)11-17(9-14)23(27,28)29;1-2/h2-5,8-9,11,13,18,30H,6-7,10,12H2,1H3;. The zero-order valence-electron chi connectivity index (χ0n) is 18.4. The fraction of sp³-hybridized carbons (Fsp3) is 0.348. The second kappa shape index (κ2) is 11.2. The maximum absolute atomic E-state index is 13.3. The zero-order valence-corrected chi connectivity index (χ0v) is 22.7. The van der Waals surface area contributed by atoms with Gasteiger partial charge in [-0.15, -0.1) is 0 Å². The van der Waals surface area contributed by atoms with Crippen LogP contribution in [0.3, 0.4) is 0 Å². The lowest BCUT2D eigenvalue weighted by Crippen LogP contribution is -2.54. The van der Waals surface area contributed by atoms with Gasteiger partial charge in [-0.3, -0.25) is 4.79 Å². The molecule has 1 aliphatic rings. The smallest absolute Gasteiger partial charge is 0.350 e. The van der Waals surface area contributed by atoms with Crippen LogP contribution in [0.15, 0.2) is 48.7 Å². The number of piperazine rings is 1. The van der Waals surface area contributed by atoms with Crippen molar-refractivity contribution < 1.29 is 31.1 Å². The molecule has 1 aromatic heterocycles. The number of hydrogen-bond acceptors (Lipinski definition) is 2. The number of halogens is 8. The van der Waals surface area contributed by atoms with Crippen molar-refractivity contribution in [2.24, 2.45) is 7.05 Å². The molecule has 0 bridgehead atoms. The second-order valence-electron chi connectivity index (χ2n) is 8.14. The van der Waals surface area contributed by atoms with Crippen LogP contribution < -0.4 is 5.32 Å². The van der Waals surface area contributed by atoms with Crippen molar-refractivity contribution in [3.8, 4) is 0 Å². The predicted molar refractivity (Wildman–Crippen MR) is 139 cm³/mol. The Balaban J connectivity index is 0.00000167. The number of aryl methyl sites for hydroxylation is 1. The largest absolute Gasteiger partial charge is 0.416 e. The lowest BCUT2D eigenvalue weighted by molar-refractivity contribution is -0.143. The average Bonchev–Trinajstić information content (AvgIpc) is 3.14. The monoisotopic (exact) mass is 723 g/mol. The fourth-order valence-electron chi connectivity index (χ4n) is 4.30. The summed E-state index contributed by atoms with van der Waals surface area (Å²) in [4.78, 5) is 14.6. The number of nitrogens with zero attached hydrogens (tertiary/aromatic N) is 2. The highest BCUT2D eigenvalue weighted by atomic mass is 128. The third-order valence-corrected chi connectivity index (χ3v) is 5.88. The van der Waals surface area contributed by atoms with E-state index in [0.717, 1.165) is 16.5 Å². The van der Waals surface area contributed by atoms with E-state index in [1.54, 1.807) is 0 Å². The number of benzene rings is 2. The van der Waals surface area contributed by atoms with Crippen LogP contribution in [0.25, 0.3) is 10.9 Å². The van der Waals surface area contributed by atoms with Crippen LogP contribution in [0.4, 0.5) is 26.3 Å². The van der Waals surface area contributed by atoms with Gasteiger partial charge >= 0.3 is 12.4 Å². The second-order valence-corrected chi connectivity index (χ2v) is 8.14. The first-order valence-electron chi connectivity index (χ1n) is 10.4. The summed E-state index contributed by atoms with van der Waals surface area (Å²) in [7, 11) is 1.88. The summed E-state index contributed by atoms with van der Waals surface area (Å²) >= 11 is 4.24. The summed E-state index contributed by atoms with van der Waals surface area (Å²) in [5, 5.41) is 4.14. The highest BCUT2D eigenvalue weighted by molar-refractivity contribution is 15.0. The zero-order chi connectivity index (χ0) is 26.0. The minimum absolute atomic E-state index is 0.0299. The predicted octanol–water partition coefficient (Wildman–Crippen LogP) is 6.64. The number of para-hydroxylation sites is 1. The molecule has 1 amide bonds. The minimum atomic E-state index is -5.01.